The summed E-state index contributed by atoms with van der Waals surface area (Å²) in [6, 6.07) is 9.53. The number of benzene rings is 1. The summed E-state index contributed by atoms with van der Waals surface area (Å²) in [5.74, 6) is -0.469. The summed E-state index contributed by atoms with van der Waals surface area (Å²) in [7, 11) is 0. The van der Waals surface area contributed by atoms with Crippen LogP contribution in [-0.2, 0) is 0 Å². The molecule has 2 aromatic rings. The SMILES string of the molecule is CC(C)c1ccc(-n2cc(Br)cc2C(=O)O)cc1. The Morgan fingerprint density at radius 1 is 1.28 bits per heavy atom. The van der Waals surface area contributed by atoms with Gasteiger partial charge in [0.2, 0.25) is 0 Å². The van der Waals surface area contributed by atoms with Crippen LogP contribution < -0.4 is 0 Å². The van der Waals surface area contributed by atoms with Gasteiger partial charge < -0.3 is 9.67 Å². The third kappa shape index (κ3) is 2.48. The summed E-state index contributed by atoms with van der Waals surface area (Å²) in [6.07, 6.45) is 1.76. The van der Waals surface area contributed by atoms with Gasteiger partial charge in [-0.25, -0.2) is 4.79 Å². The summed E-state index contributed by atoms with van der Waals surface area (Å²) in [4.78, 5) is 11.1. The second kappa shape index (κ2) is 4.98. The van der Waals surface area contributed by atoms with Crippen LogP contribution in [0.25, 0.3) is 5.69 Å². The van der Waals surface area contributed by atoms with Crippen LogP contribution in [0.1, 0.15) is 35.8 Å². The fourth-order valence-electron chi connectivity index (χ4n) is 1.83. The average Bonchev–Trinajstić information content (AvgIpc) is 2.71. The van der Waals surface area contributed by atoms with Gasteiger partial charge in [0.05, 0.1) is 0 Å². The average molecular weight is 308 g/mol. The van der Waals surface area contributed by atoms with Crippen LogP contribution in [-0.4, -0.2) is 15.6 Å². The molecule has 4 heteroatoms. The zero-order valence-corrected chi connectivity index (χ0v) is 11.8. The van der Waals surface area contributed by atoms with Crippen LogP contribution in [0, 0.1) is 0 Å². The number of carboxylic acids is 1. The zero-order chi connectivity index (χ0) is 13.3. The molecular weight excluding hydrogens is 294 g/mol. The first-order valence-electron chi connectivity index (χ1n) is 5.70. The maximum Gasteiger partial charge on any atom is 0.352 e. The van der Waals surface area contributed by atoms with Gasteiger partial charge in [0.1, 0.15) is 5.69 Å². The number of nitrogens with zero attached hydrogens (tertiary/aromatic N) is 1. The predicted molar refractivity (Wildman–Crippen MR) is 74.5 cm³/mol. The predicted octanol–water partition coefficient (Wildman–Crippen LogP) is 4.06. The Morgan fingerprint density at radius 3 is 2.39 bits per heavy atom. The number of carbonyl (C=O) groups is 1. The maximum absolute atomic E-state index is 11.1. The van der Waals surface area contributed by atoms with Crippen molar-refractivity contribution in [3.63, 3.8) is 0 Å². The van der Waals surface area contributed by atoms with Crippen LogP contribution in [0.4, 0.5) is 0 Å². The topological polar surface area (TPSA) is 42.2 Å². The minimum Gasteiger partial charge on any atom is -0.477 e. The van der Waals surface area contributed by atoms with Crippen LogP contribution in [0.3, 0.4) is 0 Å². The van der Waals surface area contributed by atoms with Gasteiger partial charge in [0.25, 0.3) is 0 Å². The largest absolute Gasteiger partial charge is 0.477 e. The molecule has 1 aromatic carbocycles. The molecule has 0 spiro atoms. The van der Waals surface area contributed by atoms with E-state index in [4.69, 9.17) is 5.11 Å². The molecule has 94 valence electrons. The molecule has 0 atom stereocenters. The molecule has 2 rings (SSSR count). The summed E-state index contributed by atoms with van der Waals surface area (Å²) in [5.41, 5.74) is 2.34. The Hall–Kier alpha value is -1.55. The number of carboxylic acid groups (broad SMARTS) is 1. The number of rotatable bonds is 3. The molecule has 0 bridgehead atoms. The first-order chi connectivity index (χ1) is 8.49. The highest BCUT2D eigenvalue weighted by Gasteiger charge is 2.12. The molecule has 0 saturated heterocycles. The lowest BCUT2D eigenvalue weighted by molar-refractivity contribution is 0.0688. The molecule has 0 fully saturated rings. The first-order valence-corrected chi connectivity index (χ1v) is 6.50. The van der Waals surface area contributed by atoms with Gasteiger partial charge >= 0.3 is 5.97 Å². The second-order valence-electron chi connectivity index (χ2n) is 4.46. The van der Waals surface area contributed by atoms with Crippen molar-refractivity contribution in [2.24, 2.45) is 0 Å². The van der Waals surface area contributed by atoms with Crippen LogP contribution in [0.5, 0.6) is 0 Å². The van der Waals surface area contributed by atoms with Crippen molar-refractivity contribution >= 4 is 21.9 Å². The first kappa shape index (κ1) is 12.9. The molecule has 0 aliphatic carbocycles. The normalized spacial score (nSPS) is 10.9. The van der Waals surface area contributed by atoms with Gasteiger partial charge in [-0.2, -0.15) is 0 Å². The zero-order valence-electron chi connectivity index (χ0n) is 10.2. The van der Waals surface area contributed by atoms with E-state index < -0.39 is 5.97 Å². The summed E-state index contributed by atoms with van der Waals surface area (Å²) >= 11 is 3.30. The minimum absolute atomic E-state index is 0.249. The van der Waals surface area contributed by atoms with E-state index in [0.717, 1.165) is 10.2 Å². The molecule has 1 aromatic heterocycles. The smallest absolute Gasteiger partial charge is 0.352 e. The molecular formula is C14H14BrNO2. The van der Waals surface area contributed by atoms with E-state index in [1.165, 1.54) is 5.56 Å². The lowest BCUT2D eigenvalue weighted by Crippen LogP contribution is -2.05. The molecule has 0 aliphatic rings. The third-order valence-electron chi connectivity index (χ3n) is 2.84. The monoisotopic (exact) mass is 307 g/mol. The Balaban J connectivity index is 2.45. The van der Waals surface area contributed by atoms with Crippen LogP contribution >= 0.6 is 15.9 Å². The molecule has 1 heterocycles. The maximum atomic E-state index is 11.1. The van der Waals surface area contributed by atoms with E-state index in [0.29, 0.717) is 5.92 Å². The third-order valence-corrected chi connectivity index (χ3v) is 3.28. The molecule has 0 amide bonds. The Labute approximate surface area is 114 Å². The van der Waals surface area contributed by atoms with E-state index in [2.05, 4.69) is 29.8 Å². The Kier molecular flexibility index (Phi) is 3.57. The van der Waals surface area contributed by atoms with Gasteiger partial charge in [-0.15, -0.1) is 0 Å². The Morgan fingerprint density at radius 2 is 1.89 bits per heavy atom. The van der Waals surface area contributed by atoms with E-state index in [-0.39, 0.29) is 5.69 Å². The molecule has 1 N–H and O–H groups in total. The van der Waals surface area contributed by atoms with Crippen molar-refractivity contribution in [1.82, 2.24) is 4.57 Å². The minimum atomic E-state index is -0.936. The second-order valence-corrected chi connectivity index (χ2v) is 5.38. The quantitative estimate of drug-likeness (QED) is 0.929. The van der Waals surface area contributed by atoms with Crippen LogP contribution in [0.15, 0.2) is 41.0 Å². The van der Waals surface area contributed by atoms with E-state index in [9.17, 15) is 4.79 Å². The number of hydrogen-bond acceptors (Lipinski definition) is 1. The van der Waals surface area contributed by atoms with Crippen molar-refractivity contribution in [1.29, 1.82) is 0 Å². The van der Waals surface area contributed by atoms with Crippen molar-refractivity contribution in [3.8, 4) is 5.69 Å². The number of aromatic carboxylic acids is 1. The number of halogens is 1. The van der Waals surface area contributed by atoms with Crippen molar-refractivity contribution in [3.05, 3.63) is 52.3 Å². The fourth-order valence-corrected chi connectivity index (χ4v) is 2.25. The van der Waals surface area contributed by atoms with Gasteiger partial charge in [0.15, 0.2) is 0 Å². The summed E-state index contributed by atoms with van der Waals surface area (Å²) in [6.45, 7) is 4.26. The van der Waals surface area contributed by atoms with Gasteiger partial charge in [-0.3, -0.25) is 0 Å². The van der Waals surface area contributed by atoms with Gasteiger partial charge in [-0.1, -0.05) is 26.0 Å². The summed E-state index contributed by atoms with van der Waals surface area (Å²) < 4.78 is 2.42. The van der Waals surface area contributed by atoms with Crippen molar-refractivity contribution < 1.29 is 9.90 Å². The molecule has 3 nitrogen and oxygen atoms in total. The molecule has 0 aliphatic heterocycles. The Bertz CT molecular complexity index is 570. The van der Waals surface area contributed by atoms with Gasteiger partial charge in [-0.05, 0) is 45.6 Å². The van der Waals surface area contributed by atoms with Crippen LogP contribution in [0.2, 0.25) is 0 Å². The van der Waals surface area contributed by atoms with E-state index in [1.54, 1.807) is 16.8 Å². The number of hydrogen-bond donors (Lipinski definition) is 1. The van der Waals surface area contributed by atoms with E-state index in [1.807, 2.05) is 24.3 Å². The summed E-state index contributed by atoms with van der Waals surface area (Å²) in [5, 5.41) is 9.14. The van der Waals surface area contributed by atoms with Crippen molar-refractivity contribution in [2.45, 2.75) is 19.8 Å². The molecule has 0 radical (unpaired) electrons. The highest BCUT2D eigenvalue weighted by molar-refractivity contribution is 9.10. The highest BCUT2D eigenvalue weighted by Crippen LogP contribution is 2.22. The fraction of sp³-hybridized carbons (Fsp3) is 0.214. The lowest BCUT2D eigenvalue weighted by Gasteiger charge is -2.09. The molecule has 0 unspecified atom stereocenters. The van der Waals surface area contributed by atoms with Crippen molar-refractivity contribution in [2.75, 3.05) is 0 Å². The lowest BCUT2D eigenvalue weighted by atomic mass is 10.0. The van der Waals surface area contributed by atoms with Gasteiger partial charge in [0, 0.05) is 16.4 Å². The molecule has 0 saturated carbocycles. The molecule has 18 heavy (non-hydrogen) atoms. The highest BCUT2D eigenvalue weighted by atomic mass is 79.9. The number of aromatic nitrogens is 1. The standard InChI is InChI=1S/C14H14BrNO2/c1-9(2)10-3-5-12(6-4-10)16-8-11(15)7-13(16)14(17)18/h3-9H,1-2H3,(H,17,18). The van der Waals surface area contributed by atoms with E-state index >= 15 is 0 Å².